The zero-order chi connectivity index (χ0) is 12.8. The maximum absolute atomic E-state index is 5.52. The first kappa shape index (κ1) is 12.6. The third-order valence-electron chi connectivity index (χ3n) is 2.38. The van der Waals surface area contributed by atoms with Crippen molar-refractivity contribution in [2.75, 3.05) is 13.7 Å². The van der Waals surface area contributed by atoms with Crippen molar-refractivity contribution in [3.63, 3.8) is 0 Å². The van der Waals surface area contributed by atoms with E-state index in [4.69, 9.17) is 9.26 Å². The summed E-state index contributed by atoms with van der Waals surface area (Å²) in [6.07, 6.45) is 1.000. The topological polar surface area (TPSA) is 60.2 Å². The van der Waals surface area contributed by atoms with E-state index in [1.54, 1.807) is 0 Å². The minimum atomic E-state index is 0.574. The normalized spacial score (nSPS) is 10.6. The van der Waals surface area contributed by atoms with Gasteiger partial charge in [-0.15, -0.1) is 0 Å². The second-order valence-corrected chi connectivity index (χ2v) is 3.91. The molecule has 96 valence electrons. The molecule has 1 N–H and O–H groups in total. The van der Waals surface area contributed by atoms with Crippen molar-refractivity contribution in [1.29, 1.82) is 0 Å². The van der Waals surface area contributed by atoms with Crippen LogP contribution in [0.15, 0.2) is 28.8 Å². The van der Waals surface area contributed by atoms with Crippen LogP contribution in [0.2, 0.25) is 0 Å². The molecule has 0 unspecified atom stereocenters. The summed E-state index contributed by atoms with van der Waals surface area (Å²) in [4.78, 5) is 4.28. The van der Waals surface area contributed by atoms with Gasteiger partial charge >= 0.3 is 0 Å². The molecule has 1 aromatic heterocycles. The van der Waals surface area contributed by atoms with Crippen LogP contribution in [0.5, 0.6) is 5.75 Å². The minimum Gasteiger partial charge on any atom is -0.494 e. The van der Waals surface area contributed by atoms with E-state index in [2.05, 4.69) is 22.4 Å². The number of benzene rings is 1. The van der Waals surface area contributed by atoms with Gasteiger partial charge in [-0.3, -0.25) is 0 Å². The number of aromatic nitrogens is 2. The lowest BCUT2D eigenvalue weighted by Crippen LogP contribution is -2.04. The van der Waals surface area contributed by atoms with E-state index in [1.165, 1.54) is 0 Å². The molecule has 5 nitrogen and oxygen atoms in total. The zero-order valence-electron chi connectivity index (χ0n) is 10.6. The first-order valence-corrected chi connectivity index (χ1v) is 6.04. The van der Waals surface area contributed by atoms with Crippen molar-refractivity contribution in [2.45, 2.75) is 19.9 Å². The summed E-state index contributed by atoms with van der Waals surface area (Å²) < 4.78 is 10.6. The summed E-state index contributed by atoms with van der Waals surface area (Å²) in [5.74, 6) is 2.04. The van der Waals surface area contributed by atoms with Gasteiger partial charge in [0.1, 0.15) is 5.75 Å². The van der Waals surface area contributed by atoms with Gasteiger partial charge in [0, 0.05) is 5.56 Å². The number of ether oxygens (including phenoxy) is 1. The second kappa shape index (κ2) is 6.16. The Balaban J connectivity index is 2.07. The molecular weight excluding hydrogens is 230 g/mol. The summed E-state index contributed by atoms with van der Waals surface area (Å²) >= 11 is 0. The van der Waals surface area contributed by atoms with E-state index in [-0.39, 0.29) is 0 Å². The first-order valence-electron chi connectivity index (χ1n) is 6.04. The monoisotopic (exact) mass is 247 g/mol. The highest BCUT2D eigenvalue weighted by Crippen LogP contribution is 2.20. The average Bonchev–Trinajstić information content (AvgIpc) is 2.86. The van der Waals surface area contributed by atoms with Crippen LogP contribution in [-0.4, -0.2) is 23.8 Å². The summed E-state index contributed by atoms with van der Waals surface area (Å²) in [6.45, 7) is 3.38. The molecule has 1 heterocycles. The molecule has 0 spiro atoms. The largest absolute Gasteiger partial charge is 0.494 e. The van der Waals surface area contributed by atoms with Gasteiger partial charge in [0.15, 0.2) is 0 Å². The van der Waals surface area contributed by atoms with Crippen LogP contribution < -0.4 is 10.1 Å². The Morgan fingerprint density at radius 1 is 1.28 bits per heavy atom. The molecule has 0 saturated carbocycles. The standard InChI is InChI=1S/C13H17N3O2/c1-3-8-17-11-6-4-10(5-7-11)13-15-12(9-14-2)18-16-13/h4-7,14H,3,8-9H2,1-2H3. The fourth-order valence-electron chi connectivity index (χ4n) is 1.52. The first-order chi connectivity index (χ1) is 8.83. The van der Waals surface area contributed by atoms with Crippen LogP contribution in [-0.2, 0) is 6.54 Å². The molecule has 1 aromatic carbocycles. The Labute approximate surface area is 106 Å². The van der Waals surface area contributed by atoms with E-state index >= 15 is 0 Å². The average molecular weight is 247 g/mol. The Morgan fingerprint density at radius 3 is 2.72 bits per heavy atom. The SMILES string of the molecule is CCCOc1ccc(-c2noc(CNC)n2)cc1. The van der Waals surface area contributed by atoms with Gasteiger partial charge < -0.3 is 14.6 Å². The minimum absolute atomic E-state index is 0.574. The van der Waals surface area contributed by atoms with E-state index in [0.717, 1.165) is 24.3 Å². The van der Waals surface area contributed by atoms with Crippen molar-refractivity contribution in [3.05, 3.63) is 30.2 Å². The molecule has 0 atom stereocenters. The van der Waals surface area contributed by atoms with Crippen LogP contribution in [0.3, 0.4) is 0 Å². The van der Waals surface area contributed by atoms with Gasteiger partial charge in [0.05, 0.1) is 13.2 Å². The lowest BCUT2D eigenvalue weighted by Gasteiger charge is -2.03. The van der Waals surface area contributed by atoms with Crippen molar-refractivity contribution in [2.24, 2.45) is 0 Å². The highest BCUT2D eigenvalue weighted by molar-refractivity contribution is 5.55. The van der Waals surface area contributed by atoms with Crippen LogP contribution in [0, 0.1) is 0 Å². The van der Waals surface area contributed by atoms with Crippen LogP contribution in [0.1, 0.15) is 19.2 Å². The highest BCUT2D eigenvalue weighted by Gasteiger charge is 2.07. The number of hydrogen-bond acceptors (Lipinski definition) is 5. The molecule has 0 aliphatic heterocycles. The lowest BCUT2D eigenvalue weighted by atomic mass is 10.2. The Hall–Kier alpha value is -1.88. The Bertz CT molecular complexity index is 479. The number of nitrogens with zero attached hydrogens (tertiary/aromatic N) is 2. The van der Waals surface area contributed by atoms with Gasteiger partial charge in [-0.25, -0.2) is 0 Å². The van der Waals surface area contributed by atoms with Crippen molar-refractivity contribution in [3.8, 4) is 17.1 Å². The highest BCUT2D eigenvalue weighted by atomic mass is 16.5. The summed E-state index contributed by atoms with van der Waals surface area (Å²) in [7, 11) is 1.84. The molecule has 0 aliphatic rings. The molecule has 0 bridgehead atoms. The fourth-order valence-corrected chi connectivity index (χ4v) is 1.52. The fraction of sp³-hybridized carbons (Fsp3) is 0.385. The molecule has 2 rings (SSSR count). The van der Waals surface area contributed by atoms with Gasteiger partial charge in [-0.2, -0.15) is 4.98 Å². The van der Waals surface area contributed by atoms with Crippen molar-refractivity contribution >= 4 is 0 Å². The van der Waals surface area contributed by atoms with E-state index < -0.39 is 0 Å². The maximum Gasteiger partial charge on any atom is 0.240 e. The lowest BCUT2D eigenvalue weighted by molar-refractivity contribution is 0.317. The quantitative estimate of drug-likeness (QED) is 0.848. The third kappa shape index (κ3) is 3.07. The molecule has 0 saturated heterocycles. The second-order valence-electron chi connectivity index (χ2n) is 3.91. The van der Waals surface area contributed by atoms with E-state index in [0.29, 0.717) is 18.3 Å². The van der Waals surface area contributed by atoms with Gasteiger partial charge in [0.2, 0.25) is 11.7 Å². The van der Waals surface area contributed by atoms with Crippen LogP contribution >= 0.6 is 0 Å². The van der Waals surface area contributed by atoms with E-state index in [1.807, 2.05) is 31.3 Å². The Morgan fingerprint density at radius 2 is 2.06 bits per heavy atom. The molecule has 0 aliphatic carbocycles. The molecule has 0 fully saturated rings. The summed E-state index contributed by atoms with van der Waals surface area (Å²) in [5.41, 5.74) is 0.921. The molecule has 18 heavy (non-hydrogen) atoms. The maximum atomic E-state index is 5.52. The predicted octanol–water partition coefficient (Wildman–Crippen LogP) is 2.24. The van der Waals surface area contributed by atoms with Gasteiger partial charge in [0.25, 0.3) is 0 Å². The summed E-state index contributed by atoms with van der Waals surface area (Å²) in [6, 6.07) is 7.69. The predicted molar refractivity (Wildman–Crippen MR) is 68.3 cm³/mol. The van der Waals surface area contributed by atoms with E-state index in [9.17, 15) is 0 Å². The van der Waals surface area contributed by atoms with Gasteiger partial charge in [-0.05, 0) is 37.7 Å². The molecule has 5 heteroatoms. The van der Waals surface area contributed by atoms with Crippen LogP contribution in [0.25, 0.3) is 11.4 Å². The molecular formula is C13H17N3O2. The smallest absolute Gasteiger partial charge is 0.240 e. The number of nitrogens with one attached hydrogen (secondary N) is 1. The number of hydrogen-bond donors (Lipinski definition) is 1. The molecule has 2 aromatic rings. The van der Waals surface area contributed by atoms with Crippen LogP contribution in [0.4, 0.5) is 0 Å². The molecule has 0 radical (unpaired) electrons. The van der Waals surface area contributed by atoms with Crippen molar-refractivity contribution < 1.29 is 9.26 Å². The molecule has 0 amide bonds. The Kier molecular flexibility index (Phi) is 4.30. The third-order valence-corrected chi connectivity index (χ3v) is 2.38. The number of rotatable bonds is 6. The van der Waals surface area contributed by atoms with Gasteiger partial charge in [-0.1, -0.05) is 12.1 Å². The zero-order valence-corrected chi connectivity index (χ0v) is 10.6. The summed E-state index contributed by atoms with van der Waals surface area (Å²) in [5, 5.41) is 6.89. The van der Waals surface area contributed by atoms with Crippen molar-refractivity contribution in [1.82, 2.24) is 15.5 Å².